The van der Waals surface area contributed by atoms with Crippen molar-refractivity contribution >= 4 is 40.1 Å². The molecule has 0 N–H and O–H groups in total. The van der Waals surface area contributed by atoms with Crippen LogP contribution in [0, 0.1) is 0 Å². The van der Waals surface area contributed by atoms with Crippen molar-refractivity contribution in [1.29, 1.82) is 0 Å². The number of nitrogens with zero attached hydrogens (tertiary/aromatic N) is 3. The van der Waals surface area contributed by atoms with Crippen molar-refractivity contribution in [2.45, 2.75) is 32.6 Å². The minimum Gasteiger partial charge on any atom is -0.341 e. The molecule has 114 valence electrons. The number of alkyl halides is 1. The molecule has 2 aromatic rings. The van der Waals surface area contributed by atoms with E-state index in [9.17, 15) is 0 Å². The van der Waals surface area contributed by atoms with Gasteiger partial charge in [0.05, 0.1) is 5.52 Å². The van der Waals surface area contributed by atoms with E-state index in [-0.39, 0.29) is 0 Å². The van der Waals surface area contributed by atoms with E-state index in [1.807, 2.05) is 24.3 Å². The molecule has 5 heteroatoms. The standard InChI is InChI=1S/C16H21Cl2N3/c1-2-3-11-21(12-7-6-10-17)16-19-14-9-5-4-8-13(14)15(18)20-16/h4-5,8-9H,2-3,6-7,10-12H2,1H3. The molecule has 0 atom stereocenters. The lowest BCUT2D eigenvalue weighted by Crippen LogP contribution is -2.27. The predicted octanol–water partition coefficient (Wildman–Crippen LogP) is 4.91. The zero-order valence-electron chi connectivity index (χ0n) is 12.4. The topological polar surface area (TPSA) is 29.0 Å². The monoisotopic (exact) mass is 325 g/mol. The molecule has 0 fully saturated rings. The molecule has 0 aliphatic carbocycles. The molecule has 21 heavy (non-hydrogen) atoms. The Morgan fingerprint density at radius 3 is 2.57 bits per heavy atom. The Labute approximate surface area is 136 Å². The van der Waals surface area contributed by atoms with Crippen molar-refractivity contribution in [3.8, 4) is 0 Å². The van der Waals surface area contributed by atoms with E-state index in [1.54, 1.807) is 0 Å². The van der Waals surface area contributed by atoms with Gasteiger partial charge in [0.1, 0.15) is 5.15 Å². The number of hydrogen-bond acceptors (Lipinski definition) is 3. The van der Waals surface area contributed by atoms with Crippen molar-refractivity contribution in [3.05, 3.63) is 29.4 Å². The highest BCUT2D eigenvalue weighted by Crippen LogP contribution is 2.23. The zero-order chi connectivity index (χ0) is 15.1. The number of rotatable bonds is 8. The van der Waals surface area contributed by atoms with E-state index in [0.29, 0.717) is 11.0 Å². The highest BCUT2D eigenvalue weighted by molar-refractivity contribution is 6.34. The molecular weight excluding hydrogens is 305 g/mol. The number of para-hydroxylation sites is 1. The average Bonchev–Trinajstić information content (AvgIpc) is 2.50. The fraction of sp³-hybridized carbons (Fsp3) is 0.500. The van der Waals surface area contributed by atoms with Gasteiger partial charge in [-0.15, -0.1) is 11.6 Å². The molecule has 0 amide bonds. The van der Waals surface area contributed by atoms with E-state index in [0.717, 1.165) is 55.6 Å². The lowest BCUT2D eigenvalue weighted by Gasteiger charge is -2.22. The van der Waals surface area contributed by atoms with Crippen molar-refractivity contribution in [1.82, 2.24) is 9.97 Å². The van der Waals surface area contributed by atoms with Crippen LogP contribution in [0.4, 0.5) is 5.95 Å². The highest BCUT2D eigenvalue weighted by atomic mass is 35.5. The van der Waals surface area contributed by atoms with Crippen molar-refractivity contribution in [2.75, 3.05) is 23.9 Å². The average molecular weight is 326 g/mol. The SMILES string of the molecule is CCCCN(CCCCCl)c1nc(Cl)c2ccccc2n1. The number of aromatic nitrogens is 2. The first-order chi connectivity index (χ1) is 10.3. The zero-order valence-corrected chi connectivity index (χ0v) is 13.9. The van der Waals surface area contributed by atoms with Crippen LogP contribution < -0.4 is 4.90 Å². The molecule has 0 bridgehead atoms. The highest BCUT2D eigenvalue weighted by Gasteiger charge is 2.12. The molecule has 0 saturated carbocycles. The van der Waals surface area contributed by atoms with Gasteiger partial charge in [0.25, 0.3) is 0 Å². The molecule has 0 radical (unpaired) electrons. The molecule has 0 aliphatic heterocycles. The molecule has 1 aromatic heterocycles. The Balaban J connectivity index is 2.25. The maximum absolute atomic E-state index is 6.30. The second-order valence-corrected chi connectivity index (χ2v) is 5.80. The van der Waals surface area contributed by atoms with Crippen LogP contribution in [0.15, 0.2) is 24.3 Å². The van der Waals surface area contributed by atoms with Gasteiger partial charge in [-0.05, 0) is 31.4 Å². The summed E-state index contributed by atoms with van der Waals surface area (Å²) in [6.07, 6.45) is 4.31. The molecule has 1 heterocycles. The van der Waals surface area contributed by atoms with Gasteiger partial charge >= 0.3 is 0 Å². The van der Waals surface area contributed by atoms with E-state index in [2.05, 4.69) is 21.8 Å². The van der Waals surface area contributed by atoms with Gasteiger partial charge in [-0.1, -0.05) is 37.1 Å². The third-order valence-corrected chi connectivity index (χ3v) is 3.98. The van der Waals surface area contributed by atoms with Crippen LogP contribution in [0.2, 0.25) is 5.15 Å². The lowest BCUT2D eigenvalue weighted by atomic mass is 10.2. The van der Waals surface area contributed by atoms with Crippen LogP contribution in [-0.4, -0.2) is 28.9 Å². The molecule has 0 aliphatic rings. The van der Waals surface area contributed by atoms with E-state index in [1.165, 1.54) is 0 Å². The predicted molar refractivity (Wildman–Crippen MR) is 91.6 cm³/mol. The summed E-state index contributed by atoms with van der Waals surface area (Å²) in [4.78, 5) is 11.4. The maximum atomic E-state index is 6.30. The van der Waals surface area contributed by atoms with E-state index >= 15 is 0 Å². The first-order valence-electron chi connectivity index (χ1n) is 7.49. The largest absolute Gasteiger partial charge is 0.341 e. The number of halogens is 2. The van der Waals surface area contributed by atoms with Crippen molar-refractivity contribution in [2.24, 2.45) is 0 Å². The number of unbranched alkanes of at least 4 members (excludes halogenated alkanes) is 2. The maximum Gasteiger partial charge on any atom is 0.227 e. The van der Waals surface area contributed by atoms with Crippen molar-refractivity contribution in [3.63, 3.8) is 0 Å². The number of benzene rings is 1. The number of fused-ring (bicyclic) bond motifs is 1. The quantitative estimate of drug-likeness (QED) is 0.392. The van der Waals surface area contributed by atoms with Gasteiger partial charge in [0, 0.05) is 24.4 Å². The first kappa shape index (κ1) is 16.3. The Bertz CT molecular complexity index is 574. The van der Waals surface area contributed by atoms with E-state index in [4.69, 9.17) is 23.2 Å². The minimum absolute atomic E-state index is 0.523. The van der Waals surface area contributed by atoms with Gasteiger partial charge in [-0.3, -0.25) is 0 Å². The Kier molecular flexibility index (Phi) is 6.52. The summed E-state index contributed by atoms with van der Waals surface area (Å²) in [5.74, 6) is 1.42. The summed E-state index contributed by atoms with van der Waals surface area (Å²) in [5.41, 5.74) is 0.895. The molecule has 0 unspecified atom stereocenters. The molecular formula is C16H21Cl2N3. The number of anilines is 1. The summed E-state index contributed by atoms with van der Waals surface area (Å²) in [5, 5.41) is 1.42. The van der Waals surface area contributed by atoms with Gasteiger partial charge < -0.3 is 4.90 Å². The van der Waals surface area contributed by atoms with Gasteiger partial charge in [0.15, 0.2) is 0 Å². The summed E-state index contributed by atoms with van der Waals surface area (Å²) >= 11 is 12.1. The van der Waals surface area contributed by atoms with Crippen LogP contribution >= 0.6 is 23.2 Å². The second-order valence-electron chi connectivity index (χ2n) is 5.07. The van der Waals surface area contributed by atoms with Gasteiger partial charge in [0.2, 0.25) is 5.95 Å². The van der Waals surface area contributed by atoms with Crippen LogP contribution in [0.3, 0.4) is 0 Å². The fourth-order valence-corrected chi connectivity index (χ4v) is 2.65. The molecule has 3 nitrogen and oxygen atoms in total. The van der Waals surface area contributed by atoms with Crippen molar-refractivity contribution < 1.29 is 0 Å². The molecule has 0 saturated heterocycles. The third kappa shape index (κ3) is 4.45. The molecule has 2 rings (SSSR count). The summed E-state index contributed by atoms with van der Waals surface area (Å²) in [7, 11) is 0. The second kappa shape index (κ2) is 8.40. The van der Waals surface area contributed by atoms with E-state index < -0.39 is 0 Å². The van der Waals surface area contributed by atoms with Crippen LogP contribution in [0.5, 0.6) is 0 Å². The Morgan fingerprint density at radius 1 is 1.05 bits per heavy atom. The lowest BCUT2D eigenvalue weighted by molar-refractivity contribution is 0.665. The Hall–Kier alpha value is -1.06. The minimum atomic E-state index is 0.523. The molecule has 0 spiro atoms. The van der Waals surface area contributed by atoms with Crippen LogP contribution in [0.25, 0.3) is 10.9 Å². The summed E-state index contributed by atoms with van der Waals surface area (Å²) in [6.45, 7) is 4.06. The van der Waals surface area contributed by atoms with Crippen LogP contribution in [0.1, 0.15) is 32.6 Å². The fourth-order valence-electron chi connectivity index (χ4n) is 2.23. The Morgan fingerprint density at radius 2 is 1.81 bits per heavy atom. The van der Waals surface area contributed by atoms with Gasteiger partial charge in [-0.2, -0.15) is 0 Å². The van der Waals surface area contributed by atoms with Crippen LogP contribution in [-0.2, 0) is 0 Å². The summed E-state index contributed by atoms with van der Waals surface area (Å²) < 4.78 is 0. The smallest absolute Gasteiger partial charge is 0.227 e. The summed E-state index contributed by atoms with van der Waals surface area (Å²) in [6, 6.07) is 7.85. The normalized spacial score (nSPS) is 11.0. The van der Waals surface area contributed by atoms with Gasteiger partial charge in [-0.25, -0.2) is 9.97 Å². The number of hydrogen-bond donors (Lipinski definition) is 0. The molecule has 1 aromatic carbocycles. The third-order valence-electron chi connectivity index (χ3n) is 3.42. The first-order valence-corrected chi connectivity index (χ1v) is 8.40.